The van der Waals surface area contributed by atoms with Crippen LogP contribution in [0.4, 0.5) is 23.1 Å². The Bertz CT molecular complexity index is 860. The van der Waals surface area contributed by atoms with Crippen LogP contribution in [0.25, 0.3) is 0 Å². The van der Waals surface area contributed by atoms with Crippen molar-refractivity contribution in [2.24, 2.45) is 0 Å². The molecule has 2 aromatic carbocycles. The Labute approximate surface area is 146 Å². The Morgan fingerprint density at radius 2 is 1.79 bits per heavy atom. The molecule has 0 spiro atoms. The fourth-order valence-electron chi connectivity index (χ4n) is 2.29. The number of rotatable bonds is 4. The second-order valence-corrected chi connectivity index (χ2v) is 6.05. The Morgan fingerprint density at radius 1 is 0.958 bits per heavy atom. The van der Waals surface area contributed by atoms with Gasteiger partial charge in [-0.15, -0.1) is 5.10 Å². The van der Waals surface area contributed by atoms with Crippen molar-refractivity contribution >= 4 is 34.7 Å². The third-order valence-electron chi connectivity index (χ3n) is 3.73. The maximum Gasteiger partial charge on any atom is 0.249 e. The van der Waals surface area contributed by atoms with Crippen LogP contribution in [0.5, 0.6) is 0 Å². The monoisotopic (exact) mass is 339 g/mol. The molecule has 1 aromatic heterocycles. The summed E-state index contributed by atoms with van der Waals surface area (Å²) in [5, 5.41) is 15.2. The predicted octanol–water partition coefficient (Wildman–Crippen LogP) is 4.94. The van der Waals surface area contributed by atoms with Gasteiger partial charge >= 0.3 is 0 Å². The maximum atomic E-state index is 6.15. The van der Waals surface area contributed by atoms with E-state index < -0.39 is 0 Å². The van der Waals surface area contributed by atoms with E-state index >= 15 is 0 Å². The minimum Gasteiger partial charge on any atom is -0.339 e. The van der Waals surface area contributed by atoms with Gasteiger partial charge in [-0.05, 0) is 55.7 Å². The number of anilines is 4. The molecule has 0 aliphatic carbocycles. The molecule has 0 bridgehead atoms. The van der Waals surface area contributed by atoms with Crippen molar-refractivity contribution in [2.75, 3.05) is 10.6 Å². The molecule has 122 valence electrons. The molecule has 6 heteroatoms. The molecule has 0 radical (unpaired) electrons. The molecule has 3 aromatic rings. The summed E-state index contributed by atoms with van der Waals surface area (Å²) in [5.74, 6) is 1.04. The highest BCUT2D eigenvalue weighted by Crippen LogP contribution is 2.26. The molecule has 3 rings (SSSR count). The van der Waals surface area contributed by atoms with Gasteiger partial charge in [0, 0.05) is 16.4 Å². The van der Waals surface area contributed by atoms with Gasteiger partial charge in [0.05, 0.1) is 6.20 Å². The van der Waals surface area contributed by atoms with Gasteiger partial charge in [0.25, 0.3) is 0 Å². The molecular formula is C18H18ClN5. The number of aryl methyl sites for hydroxylation is 2. The third kappa shape index (κ3) is 3.63. The summed E-state index contributed by atoms with van der Waals surface area (Å²) >= 11 is 6.15. The molecule has 0 aliphatic rings. The lowest BCUT2D eigenvalue weighted by molar-refractivity contribution is 0.981. The van der Waals surface area contributed by atoms with Gasteiger partial charge in [0.2, 0.25) is 5.95 Å². The van der Waals surface area contributed by atoms with E-state index in [9.17, 15) is 0 Å². The molecule has 2 N–H and O–H groups in total. The van der Waals surface area contributed by atoms with Crippen molar-refractivity contribution in [1.82, 2.24) is 15.2 Å². The van der Waals surface area contributed by atoms with E-state index in [0.717, 1.165) is 22.5 Å². The van der Waals surface area contributed by atoms with Crippen LogP contribution in [0.3, 0.4) is 0 Å². The second kappa shape index (κ2) is 6.84. The van der Waals surface area contributed by atoms with Gasteiger partial charge < -0.3 is 10.6 Å². The van der Waals surface area contributed by atoms with Crippen LogP contribution in [-0.2, 0) is 0 Å². The molecule has 0 aliphatic heterocycles. The fourth-order valence-corrected chi connectivity index (χ4v) is 2.46. The first-order valence-electron chi connectivity index (χ1n) is 7.59. The van der Waals surface area contributed by atoms with Crippen LogP contribution in [0.2, 0.25) is 5.02 Å². The van der Waals surface area contributed by atoms with Crippen molar-refractivity contribution in [3.63, 3.8) is 0 Å². The van der Waals surface area contributed by atoms with Crippen LogP contribution in [0, 0.1) is 20.8 Å². The average molecular weight is 340 g/mol. The van der Waals surface area contributed by atoms with E-state index in [2.05, 4.69) is 44.0 Å². The van der Waals surface area contributed by atoms with Crippen LogP contribution < -0.4 is 10.6 Å². The van der Waals surface area contributed by atoms with Crippen LogP contribution >= 0.6 is 11.6 Å². The summed E-state index contributed by atoms with van der Waals surface area (Å²) < 4.78 is 0. The quantitative estimate of drug-likeness (QED) is 0.705. The van der Waals surface area contributed by atoms with E-state index in [0.29, 0.717) is 16.8 Å². The highest BCUT2D eigenvalue weighted by Gasteiger charge is 2.06. The van der Waals surface area contributed by atoms with Crippen molar-refractivity contribution in [2.45, 2.75) is 20.8 Å². The number of hydrogen-bond donors (Lipinski definition) is 2. The van der Waals surface area contributed by atoms with E-state index in [-0.39, 0.29) is 0 Å². The summed E-state index contributed by atoms with van der Waals surface area (Å²) in [6.45, 7) is 6.03. The van der Waals surface area contributed by atoms with Gasteiger partial charge in [-0.3, -0.25) is 0 Å². The van der Waals surface area contributed by atoms with E-state index in [4.69, 9.17) is 11.6 Å². The maximum absolute atomic E-state index is 6.15. The first kappa shape index (κ1) is 16.2. The lowest BCUT2D eigenvalue weighted by Gasteiger charge is -2.11. The number of nitrogens with one attached hydrogen (secondary N) is 2. The Kier molecular flexibility index (Phi) is 4.62. The average Bonchev–Trinajstić information content (AvgIpc) is 2.56. The zero-order chi connectivity index (χ0) is 17.1. The highest BCUT2D eigenvalue weighted by molar-refractivity contribution is 6.31. The standard InChI is InChI=1S/C18H18ClN5/c1-11-7-8-12(2)16(9-11)22-18-23-17(10-20-24-18)21-15-6-4-5-14(19)13(15)3/h4-10H,1-3H3,(H2,21,22,23,24). The Balaban J connectivity index is 1.84. The van der Waals surface area contributed by atoms with E-state index in [1.807, 2.05) is 39.0 Å². The summed E-state index contributed by atoms with van der Waals surface area (Å²) in [7, 11) is 0. The highest BCUT2D eigenvalue weighted by atomic mass is 35.5. The Hall–Kier alpha value is -2.66. The van der Waals surface area contributed by atoms with Crippen LogP contribution in [-0.4, -0.2) is 15.2 Å². The molecule has 5 nitrogen and oxygen atoms in total. The van der Waals surface area contributed by atoms with E-state index in [1.165, 1.54) is 5.56 Å². The molecule has 0 fully saturated rings. The number of halogens is 1. The van der Waals surface area contributed by atoms with Gasteiger partial charge in [-0.1, -0.05) is 29.8 Å². The minimum atomic E-state index is 0.438. The summed E-state index contributed by atoms with van der Waals surface area (Å²) in [6.07, 6.45) is 1.58. The number of aromatic nitrogens is 3. The summed E-state index contributed by atoms with van der Waals surface area (Å²) in [6, 6.07) is 11.9. The van der Waals surface area contributed by atoms with Crippen LogP contribution in [0.15, 0.2) is 42.6 Å². The normalized spacial score (nSPS) is 10.5. The smallest absolute Gasteiger partial charge is 0.249 e. The molecule has 24 heavy (non-hydrogen) atoms. The van der Waals surface area contributed by atoms with Gasteiger partial charge in [-0.2, -0.15) is 10.1 Å². The first-order valence-corrected chi connectivity index (χ1v) is 7.97. The number of hydrogen-bond acceptors (Lipinski definition) is 5. The SMILES string of the molecule is Cc1ccc(C)c(Nc2nncc(Nc3cccc(Cl)c3C)n2)c1. The molecule has 0 saturated heterocycles. The largest absolute Gasteiger partial charge is 0.339 e. The topological polar surface area (TPSA) is 62.7 Å². The lowest BCUT2D eigenvalue weighted by atomic mass is 10.1. The van der Waals surface area contributed by atoms with Crippen molar-refractivity contribution < 1.29 is 0 Å². The third-order valence-corrected chi connectivity index (χ3v) is 4.14. The summed E-state index contributed by atoms with van der Waals surface area (Å²) in [4.78, 5) is 4.47. The fraction of sp³-hybridized carbons (Fsp3) is 0.167. The van der Waals surface area contributed by atoms with Crippen molar-refractivity contribution in [1.29, 1.82) is 0 Å². The molecule has 0 saturated carbocycles. The molecule has 0 atom stereocenters. The Morgan fingerprint density at radius 3 is 2.62 bits per heavy atom. The molecule has 1 heterocycles. The molecule has 0 unspecified atom stereocenters. The first-order chi connectivity index (χ1) is 11.5. The second-order valence-electron chi connectivity index (χ2n) is 5.65. The van der Waals surface area contributed by atoms with Crippen molar-refractivity contribution in [3.05, 3.63) is 64.3 Å². The predicted molar refractivity (Wildman–Crippen MR) is 98.5 cm³/mol. The van der Waals surface area contributed by atoms with E-state index in [1.54, 1.807) is 6.20 Å². The van der Waals surface area contributed by atoms with Gasteiger partial charge in [0.15, 0.2) is 5.82 Å². The van der Waals surface area contributed by atoms with Crippen molar-refractivity contribution in [3.8, 4) is 0 Å². The zero-order valence-corrected chi connectivity index (χ0v) is 14.5. The minimum absolute atomic E-state index is 0.438. The summed E-state index contributed by atoms with van der Waals surface area (Å²) in [5.41, 5.74) is 5.10. The molecular weight excluding hydrogens is 322 g/mol. The number of benzene rings is 2. The zero-order valence-electron chi connectivity index (χ0n) is 13.8. The lowest BCUT2D eigenvalue weighted by Crippen LogP contribution is -2.04. The van der Waals surface area contributed by atoms with Crippen LogP contribution in [0.1, 0.15) is 16.7 Å². The number of nitrogens with zero attached hydrogens (tertiary/aromatic N) is 3. The van der Waals surface area contributed by atoms with Gasteiger partial charge in [0.1, 0.15) is 0 Å². The molecule has 0 amide bonds. The van der Waals surface area contributed by atoms with Gasteiger partial charge in [-0.25, -0.2) is 0 Å².